The summed E-state index contributed by atoms with van der Waals surface area (Å²) in [5.41, 5.74) is 3.44. The summed E-state index contributed by atoms with van der Waals surface area (Å²) in [5.74, 6) is 0.562. The Labute approximate surface area is 128 Å². The van der Waals surface area contributed by atoms with Crippen molar-refractivity contribution in [2.75, 3.05) is 19.8 Å². The number of benzene rings is 1. The highest BCUT2D eigenvalue weighted by atomic mass is 32.1. The molecule has 112 valence electrons. The number of para-hydroxylation sites is 1. The van der Waals surface area contributed by atoms with E-state index in [4.69, 9.17) is 9.47 Å². The summed E-state index contributed by atoms with van der Waals surface area (Å²) in [6.45, 7) is 5.01. The molecule has 1 aromatic carbocycles. The number of ketones is 1. The van der Waals surface area contributed by atoms with E-state index in [1.54, 1.807) is 23.5 Å². The second-order valence-electron chi connectivity index (χ2n) is 4.52. The molecular weight excluding hydrogens is 286 g/mol. The van der Waals surface area contributed by atoms with E-state index in [1.165, 1.54) is 4.88 Å². The van der Waals surface area contributed by atoms with Gasteiger partial charge in [0, 0.05) is 11.3 Å². The smallest absolute Gasteiger partial charge is 0.192 e. The number of hydrogen-bond donors (Lipinski definition) is 0. The summed E-state index contributed by atoms with van der Waals surface area (Å²) >= 11 is 1.62. The number of Topliss-reactive ketones (excluding diaryl/α,β-unsaturated/α-hetero) is 1. The predicted octanol–water partition coefficient (Wildman–Crippen LogP) is 3.29. The molecule has 0 radical (unpaired) electrons. The van der Waals surface area contributed by atoms with Crippen LogP contribution in [0.3, 0.4) is 0 Å². The van der Waals surface area contributed by atoms with Gasteiger partial charge < -0.3 is 9.47 Å². The predicted molar refractivity (Wildman–Crippen MR) is 83.3 cm³/mol. The zero-order valence-corrected chi connectivity index (χ0v) is 13.1. The number of hydrogen-bond acceptors (Lipinski definition) is 5. The van der Waals surface area contributed by atoms with Gasteiger partial charge in [0.15, 0.2) is 5.78 Å². The first-order chi connectivity index (χ1) is 10.2. The first-order valence-corrected chi connectivity index (χ1v) is 7.82. The molecule has 1 aromatic heterocycles. The zero-order valence-electron chi connectivity index (χ0n) is 12.3. The third-order valence-electron chi connectivity index (χ3n) is 3.04. The molecule has 0 unspecified atom stereocenters. The molecule has 0 saturated heterocycles. The van der Waals surface area contributed by atoms with E-state index in [1.807, 2.05) is 31.5 Å². The first kappa shape index (κ1) is 15.7. The molecular formula is C16H19NO3S. The highest BCUT2D eigenvalue weighted by Crippen LogP contribution is 2.18. The van der Waals surface area contributed by atoms with Crippen molar-refractivity contribution < 1.29 is 14.3 Å². The lowest BCUT2D eigenvalue weighted by Gasteiger charge is -2.09. The Balaban J connectivity index is 1.83. The number of thiazole rings is 1. The first-order valence-electron chi connectivity index (χ1n) is 6.94. The van der Waals surface area contributed by atoms with E-state index in [0.29, 0.717) is 24.5 Å². The summed E-state index contributed by atoms with van der Waals surface area (Å²) in [4.78, 5) is 17.5. The second kappa shape index (κ2) is 7.90. The molecule has 0 N–H and O–H groups in total. The van der Waals surface area contributed by atoms with Crippen molar-refractivity contribution >= 4 is 17.1 Å². The van der Waals surface area contributed by atoms with Gasteiger partial charge in [0.2, 0.25) is 0 Å². The van der Waals surface area contributed by atoms with Crippen LogP contribution in [0.15, 0.2) is 29.8 Å². The van der Waals surface area contributed by atoms with Crippen molar-refractivity contribution in [1.82, 2.24) is 4.98 Å². The van der Waals surface area contributed by atoms with Gasteiger partial charge in [0.25, 0.3) is 0 Å². The van der Waals surface area contributed by atoms with Crippen LogP contribution < -0.4 is 4.74 Å². The molecule has 0 spiro atoms. The largest absolute Gasteiger partial charge is 0.493 e. The summed E-state index contributed by atoms with van der Waals surface area (Å²) in [6.07, 6.45) is 0.789. The molecule has 0 atom stereocenters. The topological polar surface area (TPSA) is 48.4 Å². The zero-order chi connectivity index (χ0) is 15.1. The van der Waals surface area contributed by atoms with E-state index >= 15 is 0 Å². The quantitative estimate of drug-likeness (QED) is 0.554. The van der Waals surface area contributed by atoms with Crippen LogP contribution in [0, 0.1) is 6.92 Å². The molecule has 21 heavy (non-hydrogen) atoms. The minimum absolute atomic E-state index is 0.0555. The van der Waals surface area contributed by atoms with Crippen LogP contribution in [0.1, 0.15) is 27.9 Å². The van der Waals surface area contributed by atoms with E-state index in [2.05, 4.69) is 4.98 Å². The maximum Gasteiger partial charge on any atom is 0.192 e. The van der Waals surface area contributed by atoms with Crippen molar-refractivity contribution in [3.05, 3.63) is 45.9 Å². The molecule has 0 bridgehead atoms. The third-order valence-corrected chi connectivity index (χ3v) is 4.03. The van der Waals surface area contributed by atoms with Crippen LogP contribution in [0.2, 0.25) is 0 Å². The van der Waals surface area contributed by atoms with E-state index < -0.39 is 0 Å². The Morgan fingerprint density at radius 1 is 1.33 bits per heavy atom. The lowest BCUT2D eigenvalue weighted by atomic mass is 10.1. The molecule has 0 saturated carbocycles. The maximum atomic E-state index is 12.2. The van der Waals surface area contributed by atoms with Crippen LogP contribution in [-0.2, 0) is 11.2 Å². The highest BCUT2D eigenvalue weighted by molar-refractivity contribution is 7.09. The van der Waals surface area contributed by atoms with Gasteiger partial charge in [0.1, 0.15) is 12.4 Å². The monoisotopic (exact) mass is 305 g/mol. The van der Waals surface area contributed by atoms with Gasteiger partial charge in [-0.05, 0) is 26.0 Å². The van der Waals surface area contributed by atoms with Gasteiger partial charge >= 0.3 is 0 Å². The van der Waals surface area contributed by atoms with Gasteiger partial charge in [-0.2, -0.15) is 0 Å². The van der Waals surface area contributed by atoms with Crippen LogP contribution in [0.5, 0.6) is 5.75 Å². The fourth-order valence-corrected chi connectivity index (χ4v) is 2.71. The second-order valence-corrected chi connectivity index (χ2v) is 5.46. The fourth-order valence-electron chi connectivity index (χ4n) is 1.95. The summed E-state index contributed by atoms with van der Waals surface area (Å²) in [7, 11) is 0. The molecule has 2 aromatic rings. The van der Waals surface area contributed by atoms with Crippen molar-refractivity contribution in [2.24, 2.45) is 0 Å². The number of aryl methyl sites for hydroxylation is 1. The number of aromatic nitrogens is 1. The molecule has 1 heterocycles. The summed E-state index contributed by atoms with van der Waals surface area (Å²) in [5, 5.41) is 0. The minimum Gasteiger partial charge on any atom is -0.493 e. The van der Waals surface area contributed by atoms with E-state index in [9.17, 15) is 4.79 Å². The average molecular weight is 305 g/mol. The Morgan fingerprint density at radius 2 is 2.14 bits per heavy atom. The van der Waals surface area contributed by atoms with Gasteiger partial charge in [-0.25, -0.2) is 4.98 Å². The Bertz CT molecular complexity index is 595. The molecule has 0 aliphatic carbocycles. The molecule has 2 rings (SSSR count). The van der Waals surface area contributed by atoms with Gasteiger partial charge in [-0.3, -0.25) is 4.79 Å². The summed E-state index contributed by atoms with van der Waals surface area (Å²) in [6, 6.07) is 7.26. The van der Waals surface area contributed by atoms with Crippen LogP contribution in [-0.4, -0.2) is 30.6 Å². The standard InChI is InChI=1S/C16H19NO3S/c1-3-20-15-7-5-4-6-13(15)14(18)10-19-9-8-16-12(2)17-11-21-16/h4-7,11H,3,8-10H2,1-2H3. The molecule has 0 fully saturated rings. The van der Waals surface area contributed by atoms with Crippen molar-refractivity contribution in [1.29, 1.82) is 0 Å². The Morgan fingerprint density at radius 3 is 2.86 bits per heavy atom. The highest BCUT2D eigenvalue weighted by Gasteiger charge is 2.12. The molecule has 0 aliphatic heterocycles. The Hall–Kier alpha value is -1.72. The lowest BCUT2D eigenvalue weighted by molar-refractivity contribution is 0.0762. The third kappa shape index (κ3) is 4.37. The normalized spacial score (nSPS) is 10.6. The van der Waals surface area contributed by atoms with Crippen LogP contribution >= 0.6 is 11.3 Å². The van der Waals surface area contributed by atoms with Gasteiger partial charge in [-0.1, -0.05) is 12.1 Å². The minimum atomic E-state index is -0.0555. The van der Waals surface area contributed by atoms with Crippen molar-refractivity contribution in [3.63, 3.8) is 0 Å². The maximum absolute atomic E-state index is 12.2. The van der Waals surface area contributed by atoms with Crippen molar-refractivity contribution in [3.8, 4) is 5.75 Å². The molecule has 4 nitrogen and oxygen atoms in total. The van der Waals surface area contributed by atoms with Crippen molar-refractivity contribution in [2.45, 2.75) is 20.3 Å². The van der Waals surface area contributed by atoms with E-state index in [0.717, 1.165) is 12.1 Å². The number of rotatable bonds is 8. The van der Waals surface area contributed by atoms with Crippen LogP contribution in [0.4, 0.5) is 0 Å². The molecule has 0 aliphatic rings. The number of carbonyl (C=O) groups is 1. The van der Waals surface area contributed by atoms with E-state index in [-0.39, 0.29) is 12.4 Å². The fraction of sp³-hybridized carbons (Fsp3) is 0.375. The Kier molecular flexibility index (Phi) is 5.90. The average Bonchev–Trinajstić information content (AvgIpc) is 2.90. The van der Waals surface area contributed by atoms with Crippen LogP contribution in [0.25, 0.3) is 0 Å². The van der Waals surface area contributed by atoms with Gasteiger partial charge in [-0.15, -0.1) is 11.3 Å². The number of nitrogens with zero attached hydrogens (tertiary/aromatic N) is 1. The molecule has 0 amide bonds. The molecule has 5 heteroatoms. The lowest BCUT2D eigenvalue weighted by Crippen LogP contribution is -2.12. The summed E-state index contributed by atoms with van der Waals surface area (Å²) < 4.78 is 10.9. The number of carbonyl (C=O) groups excluding carboxylic acids is 1. The van der Waals surface area contributed by atoms with Gasteiger partial charge in [0.05, 0.1) is 30.0 Å². The SMILES string of the molecule is CCOc1ccccc1C(=O)COCCc1scnc1C. The number of ether oxygens (including phenoxy) is 2.